The second kappa shape index (κ2) is 5.75. The molecule has 4 nitrogen and oxygen atoms in total. The van der Waals surface area contributed by atoms with E-state index in [9.17, 15) is 4.79 Å². The van der Waals surface area contributed by atoms with E-state index in [4.69, 9.17) is 0 Å². The van der Waals surface area contributed by atoms with Crippen molar-refractivity contribution < 1.29 is 0 Å². The van der Waals surface area contributed by atoms with E-state index in [1.807, 2.05) is 28.8 Å². The summed E-state index contributed by atoms with van der Waals surface area (Å²) < 4.78 is 1.82. The summed E-state index contributed by atoms with van der Waals surface area (Å²) in [6.07, 6.45) is 1.05. The molecule has 1 heterocycles. The molecule has 0 saturated carbocycles. The van der Waals surface area contributed by atoms with Gasteiger partial charge in [0.1, 0.15) is 5.69 Å². The molecule has 4 heteroatoms. The fourth-order valence-corrected chi connectivity index (χ4v) is 2.17. The zero-order chi connectivity index (χ0) is 14.8. The molecule has 0 unspecified atom stereocenters. The molecule has 0 saturated heterocycles. The van der Waals surface area contributed by atoms with Gasteiger partial charge in [-0.25, -0.2) is 4.98 Å². The maximum absolute atomic E-state index is 12.3. The Morgan fingerprint density at radius 1 is 1.30 bits per heavy atom. The van der Waals surface area contributed by atoms with Crippen molar-refractivity contribution >= 4 is 11.0 Å². The monoisotopic (exact) mass is 273 g/mol. The van der Waals surface area contributed by atoms with Crippen LogP contribution in [0.5, 0.6) is 0 Å². The van der Waals surface area contributed by atoms with Crippen molar-refractivity contribution in [2.45, 2.75) is 46.2 Å². The van der Waals surface area contributed by atoms with Gasteiger partial charge in [-0.1, -0.05) is 19.1 Å². The van der Waals surface area contributed by atoms with Crippen molar-refractivity contribution in [3.8, 4) is 0 Å². The minimum atomic E-state index is -0.000181. The maximum atomic E-state index is 12.3. The first-order valence-corrected chi connectivity index (χ1v) is 7.16. The second-order valence-electron chi connectivity index (χ2n) is 5.81. The summed E-state index contributed by atoms with van der Waals surface area (Å²) in [7, 11) is 0. The summed E-state index contributed by atoms with van der Waals surface area (Å²) in [5, 5.41) is 3.49. The number of aryl methyl sites for hydroxylation is 1. The Balaban J connectivity index is 2.29. The molecule has 0 bridgehead atoms. The number of fused-ring (bicyclic) bond motifs is 1. The topological polar surface area (TPSA) is 46.9 Å². The van der Waals surface area contributed by atoms with Crippen molar-refractivity contribution in [1.29, 1.82) is 0 Å². The third kappa shape index (κ3) is 3.07. The molecule has 2 rings (SSSR count). The van der Waals surface area contributed by atoms with Crippen LogP contribution >= 0.6 is 0 Å². The zero-order valence-corrected chi connectivity index (χ0v) is 12.7. The number of nitrogens with one attached hydrogen (secondary N) is 1. The lowest BCUT2D eigenvalue weighted by molar-refractivity contribution is 0.368. The van der Waals surface area contributed by atoms with Gasteiger partial charge in [0.2, 0.25) is 0 Å². The number of aromatic nitrogens is 2. The van der Waals surface area contributed by atoms with Crippen LogP contribution in [0.15, 0.2) is 29.1 Å². The highest BCUT2D eigenvalue weighted by Gasteiger charge is 2.14. The lowest BCUT2D eigenvalue weighted by Crippen LogP contribution is -2.41. The van der Waals surface area contributed by atoms with Crippen LogP contribution in [0.2, 0.25) is 0 Å². The average molecular weight is 273 g/mol. The van der Waals surface area contributed by atoms with Crippen LogP contribution in [-0.4, -0.2) is 21.6 Å². The molecule has 2 aromatic rings. The van der Waals surface area contributed by atoms with E-state index in [0.717, 1.165) is 24.0 Å². The van der Waals surface area contributed by atoms with Crippen molar-refractivity contribution in [3.05, 3.63) is 40.3 Å². The summed E-state index contributed by atoms with van der Waals surface area (Å²) in [5.41, 5.74) is 2.43. The molecule has 0 amide bonds. The number of hydrogen-bond acceptors (Lipinski definition) is 3. The lowest BCUT2D eigenvalue weighted by Gasteiger charge is -2.25. The minimum absolute atomic E-state index is 0.000181. The maximum Gasteiger partial charge on any atom is 0.272 e. The van der Waals surface area contributed by atoms with E-state index in [0.29, 0.717) is 12.2 Å². The highest BCUT2D eigenvalue weighted by molar-refractivity contribution is 5.74. The minimum Gasteiger partial charge on any atom is -0.310 e. The van der Waals surface area contributed by atoms with Crippen molar-refractivity contribution in [2.75, 3.05) is 6.54 Å². The number of benzene rings is 1. The van der Waals surface area contributed by atoms with Crippen LogP contribution in [-0.2, 0) is 6.54 Å². The highest BCUT2D eigenvalue weighted by Crippen LogP contribution is 2.10. The van der Waals surface area contributed by atoms with E-state index in [1.54, 1.807) is 6.92 Å². The molecule has 0 spiro atoms. The largest absolute Gasteiger partial charge is 0.310 e. The van der Waals surface area contributed by atoms with E-state index >= 15 is 0 Å². The van der Waals surface area contributed by atoms with E-state index < -0.39 is 0 Å². The molecule has 0 fully saturated rings. The lowest BCUT2D eigenvalue weighted by atomic mass is 10.0. The summed E-state index contributed by atoms with van der Waals surface area (Å²) in [5.74, 6) is 0. The van der Waals surface area contributed by atoms with Crippen LogP contribution in [0.4, 0.5) is 0 Å². The van der Waals surface area contributed by atoms with E-state index in [1.165, 1.54) is 0 Å². The molecule has 0 atom stereocenters. The summed E-state index contributed by atoms with van der Waals surface area (Å²) in [4.78, 5) is 16.6. The number of rotatable bonds is 5. The van der Waals surface area contributed by atoms with Gasteiger partial charge in [-0.15, -0.1) is 0 Å². The Hall–Kier alpha value is -1.68. The Kier molecular flexibility index (Phi) is 4.23. The number of hydrogen-bond donors (Lipinski definition) is 1. The van der Waals surface area contributed by atoms with Crippen molar-refractivity contribution in [3.63, 3.8) is 0 Å². The van der Waals surface area contributed by atoms with Crippen LogP contribution < -0.4 is 10.9 Å². The van der Waals surface area contributed by atoms with E-state index in [-0.39, 0.29) is 11.1 Å². The molecule has 108 valence electrons. The molecular weight excluding hydrogens is 250 g/mol. The Bertz CT molecular complexity index is 658. The van der Waals surface area contributed by atoms with Crippen molar-refractivity contribution in [2.24, 2.45) is 0 Å². The van der Waals surface area contributed by atoms with Crippen LogP contribution in [0, 0.1) is 6.92 Å². The number of para-hydroxylation sites is 2. The normalized spacial score (nSPS) is 12.0. The Morgan fingerprint density at radius 3 is 2.70 bits per heavy atom. The summed E-state index contributed by atoms with van der Waals surface area (Å²) in [6, 6.07) is 7.79. The summed E-state index contributed by atoms with van der Waals surface area (Å²) >= 11 is 0. The molecule has 0 aliphatic heterocycles. The van der Waals surface area contributed by atoms with Crippen molar-refractivity contribution in [1.82, 2.24) is 14.9 Å². The Morgan fingerprint density at radius 2 is 2.00 bits per heavy atom. The van der Waals surface area contributed by atoms with Gasteiger partial charge in [-0.05, 0) is 39.3 Å². The zero-order valence-electron chi connectivity index (χ0n) is 12.7. The average Bonchev–Trinajstić information content (AvgIpc) is 2.43. The highest BCUT2D eigenvalue weighted by atomic mass is 16.1. The third-order valence-electron chi connectivity index (χ3n) is 3.84. The van der Waals surface area contributed by atoms with Crippen LogP contribution in [0.25, 0.3) is 11.0 Å². The smallest absolute Gasteiger partial charge is 0.272 e. The molecule has 0 aliphatic rings. The Labute approximate surface area is 119 Å². The molecule has 1 aromatic heterocycles. The van der Waals surface area contributed by atoms with Gasteiger partial charge >= 0.3 is 0 Å². The van der Waals surface area contributed by atoms with Crippen LogP contribution in [0.1, 0.15) is 32.9 Å². The standard InChI is InChI=1S/C16H23N3O/c1-5-16(3,4)17-10-11-19-14-9-7-6-8-13(14)18-12(2)15(19)20/h6-9,17H,5,10-11H2,1-4H3. The molecule has 1 aromatic carbocycles. The van der Waals surface area contributed by atoms with Gasteiger partial charge in [0, 0.05) is 18.6 Å². The predicted octanol–water partition coefficient (Wildman–Crippen LogP) is 2.48. The van der Waals surface area contributed by atoms with E-state index in [2.05, 4.69) is 31.1 Å². The van der Waals surface area contributed by atoms with Gasteiger partial charge in [0.15, 0.2) is 0 Å². The third-order valence-corrected chi connectivity index (χ3v) is 3.84. The molecule has 0 radical (unpaired) electrons. The van der Waals surface area contributed by atoms with Gasteiger partial charge in [-0.3, -0.25) is 4.79 Å². The fourth-order valence-electron chi connectivity index (χ4n) is 2.17. The first-order chi connectivity index (χ1) is 9.44. The van der Waals surface area contributed by atoms with Gasteiger partial charge in [0.25, 0.3) is 5.56 Å². The van der Waals surface area contributed by atoms with Gasteiger partial charge < -0.3 is 9.88 Å². The quantitative estimate of drug-likeness (QED) is 0.910. The van der Waals surface area contributed by atoms with Crippen LogP contribution in [0.3, 0.4) is 0 Å². The summed E-state index contributed by atoms with van der Waals surface area (Å²) in [6.45, 7) is 9.71. The molecule has 1 N–H and O–H groups in total. The molecule has 0 aliphatic carbocycles. The molecule has 20 heavy (non-hydrogen) atoms. The first-order valence-electron chi connectivity index (χ1n) is 7.16. The second-order valence-corrected chi connectivity index (χ2v) is 5.81. The first kappa shape index (κ1) is 14.7. The fraction of sp³-hybridized carbons (Fsp3) is 0.500. The number of nitrogens with zero attached hydrogens (tertiary/aromatic N) is 2. The predicted molar refractivity (Wildman–Crippen MR) is 83.1 cm³/mol. The van der Waals surface area contributed by atoms with Gasteiger partial charge in [0.05, 0.1) is 11.0 Å². The SMILES string of the molecule is CCC(C)(C)NCCn1c(=O)c(C)nc2ccccc21. The molecular formula is C16H23N3O. The van der Waals surface area contributed by atoms with Gasteiger partial charge in [-0.2, -0.15) is 0 Å².